The van der Waals surface area contributed by atoms with Crippen molar-refractivity contribution >= 4 is 23.2 Å². The number of methoxy groups -OCH3 is 2. The van der Waals surface area contributed by atoms with E-state index < -0.39 is 0 Å². The number of benzene rings is 2. The first kappa shape index (κ1) is 16.0. The van der Waals surface area contributed by atoms with Gasteiger partial charge >= 0.3 is 0 Å². The van der Waals surface area contributed by atoms with Crippen molar-refractivity contribution in [2.45, 2.75) is 13.1 Å². The van der Waals surface area contributed by atoms with E-state index in [0.717, 1.165) is 22.6 Å². The molecule has 0 heterocycles. The first-order valence-corrected chi connectivity index (χ1v) is 7.25. The molecule has 0 saturated carbocycles. The first-order chi connectivity index (χ1) is 10.1. The van der Waals surface area contributed by atoms with Crippen LogP contribution >= 0.6 is 23.2 Å². The maximum Gasteiger partial charge on any atom is 0.127 e. The van der Waals surface area contributed by atoms with Gasteiger partial charge in [-0.05, 0) is 29.8 Å². The minimum Gasteiger partial charge on any atom is -0.497 e. The summed E-state index contributed by atoms with van der Waals surface area (Å²) in [6.07, 6.45) is 0. The van der Waals surface area contributed by atoms with Crippen LogP contribution in [0.3, 0.4) is 0 Å². The van der Waals surface area contributed by atoms with E-state index in [1.54, 1.807) is 26.4 Å². The summed E-state index contributed by atoms with van der Waals surface area (Å²) in [5.74, 6) is 1.56. The standard InChI is InChI=1S/C16H17Cl2NO2/c1-20-14-5-3-11(16(8-14)21-2)9-19-10-12-7-13(17)4-6-15(12)18/h3-8,19H,9-10H2,1-2H3. The Morgan fingerprint density at radius 2 is 1.67 bits per heavy atom. The van der Waals surface area contributed by atoms with Crippen LogP contribution in [0.15, 0.2) is 36.4 Å². The zero-order valence-corrected chi connectivity index (χ0v) is 13.5. The van der Waals surface area contributed by atoms with Gasteiger partial charge in [-0.2, -0.15) is 0 Å². The Morgan fingerprint density at radius 1 is 0.905 bits per heavy atom. The van der Waals surface area contributed by atoms with Crippen molar-refractivity contribution in [1.29, 1.82) is 0 Å². The summed E-state index contributed by atoms with van der Waals surface area (Å²) >= 11 is 12.1. The summed E-state index contributed by atoms with van der Waals surface area (Å²) < 4.78 is 10.5. The fourth-order valence-electron chi connectivity index (χ4n) is 2.01. The molecule has 0 aromatic heterocycles. The van der Waals surface area contributed by atoms with Crippen LogP contribution in [0.4, 0.5) is 0 Å². The number of halogens is 2. The molecule has 0 saturated heterocycles. The predicted octanol–water partition coefficient (Wildman–Crippen LogP) is 4.30. The van der Waals surface area contributed by atoms with E-state index in [2.05, 4.69) is 5.32 Å². The molecule has 3 nitrogen and oxygen atoms in total. The van der Waals surface area contributed by atoms with Crippen molar-refractivity contribution in [1.82, 2.24) is 5.32 Å². The van der Waals surface area contributed by atoms with Gasteiger partial charge in [-0.25, -0.2) is 0 Å². The zero-order valence-electron chi connectivity index (χ0n) is 12.0. The van der Waals surface area contributed by atoms with Gasteiger partial charge in [-0.1, -0.05) is 29.3 Å². The number of hydrogen-bond donors (Lipinski definition) is 1. The maximum absolute atomic E-state index is 6.14. The zero-order chi connectivity index (χ0) is 15.2. The van der Waals surface area contributed by atoms with Crippen LogP contribution in [-0.2, 0) is 13.1 Å². The van der Waals surface area contributed by atoms with Crippen molar-refractivity contribution in [3.8, 4) is 11.5 Å². The van der Waals surface area contributed by atoms with E-state index >= 15 is 0 Å². The molecule has 112 valence electrons. The summed E-state index contributed by atoms with van der Waals surface area (Å²) in [6.45, 7) is 1.30. The fourth-order valence-corrected chi connectivity index (χ4v) is 2.39. The number of ether oxygens (including phenoxy) is 2. The molecule has 0 fully saturated rings. The third kappa shape index (κ3) is 4.27. The van der Waals surface area contributed by atoms with E-state index in [1.807, 2.05) is 24.3 Å². The Morgan fingerprint density at radius 3 is 2.38 bits per heavy atom. The molecule has 0 radical (unpaired) electrons. The molecule has 2 rings (SSSR count). The summed E-state index contributed by atoms with van der Waals surface area (Å²) in [7, 11) is 3.28. The average molecular weight is 326 g/mol. The normalized spacial score (nSPS) is 10.5. The highest BCUT2D eigenvalue weighted by Crippen LogP contribution is 2.25. The first-order valence-electron chi connectivity index (χ1n) is 6.49. The SMILES string of the molecule is COc1ccc(CNCc2cc(Cl)ccc2Cl)c(OC)c1. The summed E-state index contributed by atoms with van der Waals surface area (Å²) in [5, 5.41) is 4.72. The molecule has 0 unspecified atom stereocenters. The second-order valence-electron chi connectivity index (χ2n) is 4.52. The van der Waals surface area contributed by atoms with Gasteiger partial charge in [0.25, 0.3) is 0 Å². The largest absolute Gasteiger partial charge is 0.497 e. The molecule has 2 aromatic carbocycles. The Labute approximate surface area is 134 Å². The predicted molar refractivity (Wildman–Crippen MR) is 86.6 cm³/mol. The van der Waals surface area contributed by atoms with Crippen LogP contribution in [0.5, 0.6) is 11.5 Å². The lowest BCUT2D eigenvalue weighted by Gasteiger charge is -2.12. The molecule has 2 aromatic rings. The van der Waals surface area contributed by atoms with Crippen LogP contribution in [0, 0.1) is 0 Å². The van der Waals surface area contributed by atoms with Gasteiger partial charge in [-0.3, -0.25) is 0 Å². The average Bonchev–Trinajstić information content (AvgIpc) is 2.50. The van der Waals surface area contributed by atoms with Gasteiger partial charge in [0.1, 0.15) is 11.5 Å². The minimum atomic E-state index is 0.634. The van der Waals surface area contributed by atoms with Crippen LogP contribution in [0.1, 0.15) is 11.1 Å². The Balaban J connectivity index is 2.01. The molecule has 0 amide bonds. The Hall–Kier alpha value is -1.42. The van der Waals surface area contributed by atoms with Gasteiger partial charge in [0, 0.05) is 34.8 Å². The molecular weight excluding hydrogens is 309 g/mol. The molecule has 1 N–H and O–H groups in total. The monoisotopic (exact) mass is 325 g/mol. The highest BCUT2D eigenvalue weighted by molar-refractivity contribution is 6.33. The van der Waals surface area contributed by atoms with E-state index in [0.29, 0.717) is 23.1 Å². The number of hydrogen-bond acceptors (Lipinski definition) is 3. The lowest BCUT2D eigenvalue weighted by atomic mass is 10.1. The summed E-state index contributed by atoms with van der Waals surface area (Å²) in [5.41, 5.74) is 2.02. The van der Waals surface area contributed by atoms with Crippen LogP contribution in [0.25, 0.3) is 0 Å². The van der Waals surface area contributed by atoms with Crippen LogP contribution in [-0.4, -0.2) is 14.2 Å². The van der Waals surface area contributed by atoms with Crippen molar-refractivity contribution < 1.29 is 9.47 Å². The fraction of sp³-hybridized carbons (Fsp3) is 0.250. The molecule has 0 spiro atoms. The van der Waals surface area contributed by atoms with Gasteiger partial charge in [0.15, 0.2) is 0 Å². The van der Waals surface area contributed by atoms with Gasteiger partial charge < -0.3 is 14.8 Å². The Bertz CT molecular complexity index is 617. The van der Waals surface area contributed by atoms with Crippen molar-refractivity contribution in [2.75, 3.05) is 14.2 Å². The molecule has 5 heteroatoms. The van der Waals surface area contributed by atoms with E-state index in [9.17, 15) is 0 Å². The van der Waals surface area contributed by atoms with Crippen LogP contribution < -0.4 is 14.8 Å². The lowest BCUT2D eigenvalue weighted by molar-refractivity contribution is 0.390. The molecule has 0 aliphatic heterocycles. The molecule has 0 aliphatic carbocycles. The Kier molecular flexibility index (Phi) is 5.74. The van der Waals surface area contributed by atoms with Gasteiger partial charge in [0.05, 0.1) is 14.2 Å². The molecule has 0 atom stereocenters. The highest BCUT2D eigenvalue weighted by atomic mass is 35.5. The van der Waals surface area contributed by atoms with E-state index in [1.165, 1.54) is 0 Å². The third-order valence-electron chi connectivity index (χ3n) is 3.13. The second-order valence-corrected chi connectivity index (χ2v) is 5.36. The molecule has 21 heavy (non-hydrogen) atoms. The van der Waals surface area contributed by atoms with Crippen molar-refractivity contribution in [3.05, 3.63) is 57.6 Å². The third-order valence-corrected chi connectivity index (χ3v) is 3.74. The summed E-state index contributed by atoms with van der Waals surface area (Å²) in [4.78, 5) is 0. The molecular formula is C16H17Cl2NO2. The minimum absolute atomic E-state index is 0.634. The molecule has 0 bridgehead atoms. The highest BCUT2D eigenvalue weighted by Gasteiger charge is 2.06. The molecule has 0 aliphatic rings. The van der Waals surface area contributed by atoms with Gasteiger partial charge in [-0.15, -0.1) is 0 Å². The van der Waals surface area contributed by atoms with E-state index in [4.69, 9.17) is 32.7 Å². The second kappa shape index (κ2) is 7.55. The summed E-state index contributed by atoms with van der Waals surface area (Å²) in [6, 6.07) is 11.2. The van der Waals surface area contributed by atoms with Crippen LogP contribution in [0.2, 0.25) is 10.0 Å². The van der Waals surface area contributed by atoms with Crippen molar-refractivity contribution in [2.24, 2.45) is 0 Å². The smallest absolute Gasteiger partial charge is 0.127 e. The van der Waals surface area contributed by atoms with Crippen molar-refractivity contribution in [3.63, 3.8) is 0 Å². The van der Waals surface area contributed by atoms with E-state index in [-0.39, 0.29) is 0 Å². The number of nitrogens with one attached hydrogen (secondary N) is 1. The maximum atomic E-state index is 6.14. The number of rotatable bonds is 6. The quantitative estimate of drug-likeness (QED) is 0.858. The van der Waals surface area contributed by atoms with Gasteiger partial charge in [0.2, 0.25) is 0 Å². The topological polar surface area (TPSA) is 30.5 Å². The lowest BCUT2D eigenvalue weighted by Crippen LogP contribution is -2.13.